The highest BCUT2D eigenvalue weighted by Gasteiger charge is 2.31. The maximum atomic E-state index is 12.7. The van der Waals surface area contributed by atoms with E-state index in [2.05, 4.69) is 15.1 Å². The van der Waals surface area contributed by atoms with Gasteiger partial charge in [0.2, 0.25) is 5.91 Å². The van der Waals surface area contributed by atoms with Crippen molar-refractivity contribution in [2.75, 3.05) is 33.7 Å². The smallest absolute Gasteiger partial charge is 0.241 e. The molecular weight excluding hydrogens is 238 g/mol. The van der Waals surface area contributed by atoms with Crippen LogP contribution in [0.2, 0.25) is 0 Å². The fourth-order valence-electron chi connectivity index (χ4n) is 3.36. The number of rotatable bonds is 3. The Balaban J connectivity index is 2.02. The van der Waals surface area contributed by atoms with Gasteiger partial charge < -0.3 is 15.1 Å². The maximum absolute atomic E-state index is 12.7. The zero-order valence-corrected chi connectivity index (χ0v) is 12.5. The summed E-state index contributed by atoms with van der Waals surface area (Å²) < 4.78 is 0. The van der Waals surface area contributed by atoms with Crippen LogP contribution in [0, 0.1) is 0 Å². The van der Waals surface area contributed by atoms with Crippen molar-refractivity contribution in [3.05, 3.63) is 0 Å². The van der Waals surface area contributed by atoms with Crippen LogP contribution in [-0.2, 0) is 4.79 Å². The molecule has 110 valence electrons. The molecule has 4 nitrogen and oxygen atoms in total. The lowest BCUT2D eigenvalue weighted by molar-refractivity contribution is -0.135. The lowest BCUT2D eigenvalue weighted by Crippen LogP contribution is -2.51. The molecule has 1 atom stereocenters. The van der Waals surface area contributed by atoms with Gasteiger partial charge in [-0.1, -0.05) is 25.7 Å². The van der Waals surface area contributed by atoms with Crippen LogP contribution in [0.5, 0.6) is 0 Å². The van der Waals surface area contributed by atoms with E-state index in [1.165, 1.54) is 38.5 Å². The summed E-state index contributed by atoms with van der Waals surface area (Å²) in [6.07, 6.45) is 8.78. The predicted octanol–water partition coefficient (Wildman–Crippen LogP) is 1.46. The van der Waals surface area contributed by atoms with E-state index in [-0.39, 0.29) is 6.04 Å². The molecule has 1 aliphatic heterocycles. The molecule has 1 aliphatic carbocycles. The first-order valence-electron chi connectivity index (χ1n) is 7.87. The quantitative estimate of drug-likeness (QED) is 0.786. The molecule has 0 aromatic heterocycles. The predicted molar refractivity (Wildman–Crippen MR) is 78.2 cm³/mol. The van der Waals surface area contributed by atoms with Crippen LogP contribution in [0.3, 0.4) is 0 Å². The van der Waals surface area contributed by atoms with E-state index in [9.17, 15) is 4.79 Å². The lowest BCUT2D eigenvalue weighted by atomic mass is 10.1. The minimum absolute atomic E-state index is 0.0132. The summed E-state index contributed by atoms with van der Waals surface area (Å²) in [5, 5.41) is 3.41. The highest BCUT2D eigenvalue weighted by molar-refractivity contribution is 5.82. The van der Waals surface area contributed by atoms with Crippen LogP contribution < -0.4 is 5.32 Å². The van der Waals surface area contributed by atoms with Crippen LogP contribution in [0.4, 0.5) is 0 Å². The van der Waals surface area contributed by atoms with Gasteiger partial charge in [-0.25, -0.2) is 0 Å². The minimum Gasteiger partial charge on any atom is -0.338 e. The van der Waals surface area contributed by atoms with Gasteiger partial charge in [0.25, 0.3) is 0 Å². The van der Waals surface area contributed by atoms with E-state index < -0.39 is 0 Å². The van der Waals surface area contributed by atoms with Crippen molar-refractivity contribution in [3.63, 3.8) is 0 Å². The Morgan fingerprint density at radius 2 is 1.84 bits per heavy atom. The summed E-state index contributed by atoms with van der Waals surface area (Å²) in [7, 11) is 4.08. The normalized spacial score (nSPS) is 27.4. The molecule has 1 unspecified atom stereocenters. The van der Waals surface area contributed by atoms with Crippen LogP contribution >= 0.6 is 0 Å². The van der Waals surface area contributed by atoms with Gasteiger partial charge in [0.05, 0.1) is 6.04 Å². The van der Waals surface area contributed by atoms with Crippen molar-refractivity contribution in [1.29, 1.82) is 0 Å². The van der Waals surface area contributed by atoms with E-state index in [1.807, 2.05) is 14.1 Å². The molecule has 0 aromatic rings. The second-order valence-electron chi connectivity index (χ2n) is 6.30. The highest BCUT2D eigenvalue weighted by atomic mass is 16.2. The highest BCUT2D eigenvalue weighted by Crippen LogP contribution is 2.23. The van der Waals surface area contributed by atoms with Crippen molar-refractivity contribution in [1.82, 2.24) is 15.1 Å². The summed E-state index contributed by atoms with van der Waals surface area (Å²) >= 11 is 0. The topological polar surface area (TPSA) is 35.6 Å². The minimum atomic E-state index is -0.0132. The molecule has 1 heterocycles. The third kappa shape index (κ3) is 4.18. The first-order chi connectivity index (χ1) is 9.18. The molecule has 2 fully saturated rings. The lowest BCUT2D eigenvalue weighted by Gasteiger charge is -2.32. The molecule has 2 aliphatic rings. The molecule has 1 saturated heterocycles. The van der Waals surface area contributed by atoms with Crippen LogP contribution in [0.1, 0.15) is 44.9 Å². The molecular formula is C15H29N3O. The number of nitrogens with one attached hydrogen (secondary N) is 1. The number of amides is 1. The number of hydrogen-bond acceptors (Lipinski definition) is 3. The molecule has 0 aromatic carbocycles. The third-order valence-corrected chi connectivity index (χ3v) is 4.36. The molecule has 19 heavy (non-hydrogen) atoms. The number of carbonyl (C=O) groups is 1. The molecule has 0 bridgehead atoms. The van der Waals surface area contributed by atoms with Crippen molar-refractivity contribution in [2.24, 2.45) is 0 Å². The average molecular weight is 267 g/mol. The Kier molecular flexibility index (Phi) is 5.64. The van der Waals surface area contributed by atoms with E-state index in [0.717, 1.165) is 26.1 Å². The third-order valence-electron chi connectivity index (χ3n) is 4.36. The Morgan fingerprint density at radius 1 is 1.16 bits per heavy atom. The van der Waals surface area contributed by atoms with Gasteiger partial charge in [0.1, 0.15) is 0 Å². The first kappa shape index (κ1) is 14.8. The van der Waals surface area contributed by atoms with E-state index in [4.69, 9.17) is 0 Å². The molecule has 2 rings (SSSR count). The number of nitrogens with zero attached hydrogens (tertiary/aromatic N) is 2. The summed E-state index contributed by atoms with van der Waals surface area (Å²) in [6, 6.07) is 0.486. The van der Waals surface area contributed by atoms with E-state index in [1.54, 1.807) is 0 Å². The molecule has 1 saturated carbocycles. The molecule has 0 radical (unpaired) electrons. The summed E-state index contributed by atoms with van der Waals surface area (Å²) in [4.78, 5) is 17.0. The number of likely N-dealkylation sites (N-methyl/N-ethyl adjacent to an activating group) is 1. The number of hydrogen-bond donors (Lipinski definition) is 1. The van der Waals surface area contributed by atoms with E-state index in [0.29, 0.717) is 11.9 Å². The Bertz CT molecular complexity index is 285. The van der Waals surface area contributed by atoms with Crippen molar-refractivity contribution < 1.29 is 4.79 Å². The van der Waals surface area contributed by atoms with Crippen LogP contribution in [0.25, 0.3) is 0 Å². The standard InChI is InChI=1S/C15H29N3O/c1-17(2)12-14-15(19)18(11-7-10-16-14)13-8-5-3-4-6-9-13/h13-14,16H,3-12H2,1-2H3. The zero-order valence-electron chi connectivity index (χ0n) is 12.5. The van der Waals surface area contributed by atoms with Gasteiger partial charge in [-0.2, -0.15) is 0 Å². The fraction of sp³-hybridized carbons (Fsp3) is 0.933. The molecule has 4 heteroatoms. The van der Waals surface area contributed by atoms with Gasteiger partial charge in [-0.3, -0.25) is 4.79 Å². The fourth-order valence-corrected chi connectivity index (χ4v) is 3.36. The largest absolute Gasteiger partial charge is 0.338 e. The van der Waals surface area contributed by atoms with Gasteiger partial charge >= 0.3 is 0 Å². The molecule has 1 N–H and O–H groups in total. The van der Waals surface area contributed by atoms with Gasteiger partial charge in [0.15, 0.2) is 0 Å². The summed E-state index contributed by atoms with van der Waals surface area (Å²) in [6.45, 7) is 2.72. The molecule has 1 amide bonds. The summed E-state index contributed by atoms with van der Waals surface area (Å²) in [5.41, 5.74) is 0. The van der Waals surface area contributed by atoms with Crippen LogP contribution in [-0.4, -0.2) is 61.5 Å². The average Bonchev–Trinajstić information content (AvgIpc) is 2.72. The summed E-state index contributed by atoms with van der Waals surface area (Å²) in [5.74, 6) is 0.332. The first-order valence-corrected chi connectivity index (χ1v) is 7.87. The Labute approximate surface area is 117 Å². The second-order valence-corrected chi connectivity index (χ2v) is 6.30. The van der Waals surface area contributed by atoms with Gasteiger partial charge in [-0.15, -0.1) is 0 Å². The van der Waals surface area contributed by atoms with Crippen molar-refractivity contribution in [3.8, 4) is 0 Å². The Morgan fingerprint density at radius 3 is 2.47 bits per heavy atom. The second kappa shape index (κ2) is 7.25. The van der Waals surface area contributed by atoms with Crippen molar-refractivity contribution in [2.45, 2.75) is 57.0 Å². The van der Waals surface area contributed by atoms with Crippen LogP contribution in [0.15, 0.2) is 0 Å². The van der Waals surface area contributed by atoms with Crippen molar-refractivity contribution >= 4 is 5.91 Å². The molecule has 0 spiro atoms. The van der Waals surface area contributed by atoms with Gasteiger partial charge in [0, 0.05) is 19.1 Å². The Hall–Kier alpha value is -0.610. The monoisotopic (exact) mass is 267 g/mol. The maximum Gasteiger partial charge on any atom is 0.241 e. The zero-order chi connectivity index (χ0) is 13.7. The van der Waals surface area contributed by atoms with E-state index >= 15 is 0 Å². The SMILES string of the molecule is CN(C)CC1NCCCN(C2CCCCCC2)C1=O. The number of carbonyl (C=O) groups excluding carboxylic acids is 1. The van der Waals surface area contributed by atoms with Gasteiger partial charge in [-0.05, 0) is 39.9 Å².